The maximum absolute atomic E-state index is 12.5. The molecule has 0 saturated carbocycles. The molecule has 3 N–H and O–H groups in total. The third-order valence-electron chi connectivity index (χ3n) is 3.77. The number of rotatable bonds is 4. The number of benzene rings is 2. The standard InChI is InChI=1S/C21H23N5O3/c1-13-22-18(26-25-13)15-6-5-7-17(12-15)23-19(27)14-8-10-16(11-9-14)24-20(28)29-21(2,3)4/h5-12H,1-4H3,(H,23,27)(H,24,28)(H,22,25,26). The molecule has 29 heavy (non-hydrogen) atoms. The van der Waals surface area contributed by atoms with Crippen LogP contribution in [0.1, 0.15) is 37.0 Å². The third kappa shape index (κ3) is 5.65. The van der Waals surface area contributed by atoms with Gasteiger partial charge in [-0.2, -0.15) is 5.10 Å². The van der Waals surface area contributed by atoms with Gasteiger partial charge in [0.2, 0.25) is 0 Å². The Hall–Kier alpha value is -3.68. The van der Waals surface area contributed by atoms with Gasteiger partial charge >= 0.3 is 6.09 Å². The highest BCUT2D eigenvalue weighted by atomic mass is 16.6. The fourth-order valence-electron chi connectivity index (χ4n) is 2.54. The molecule has 0 aliphatic carbocycles. The molecule has 0 aliphatic heterocycles. The van der Waals surface area contributed by atoms with Crippen LogP contribution in [0.3, 0.4) is 0 Å². The van der Waals surface area contributed by atoms with E-state index in [0.29, 0.717) is 22.8 Å². The van der Waals surface area contributed by atoms with E-state index in [9.17, 15) is 9.59 Å². The quantitative estimate of drug-likeness (QED) is 0.609. The van der Waals surface area contributed by atoms with Crippen molar-refractivity contribution in [3.05, 3.63) is 59.9 Å². The van der Waals surface area contributed by atoms with Crippen LogP contribution in [0, 0.1) is 6.92 Å². The number of hydrogen-bond donors (Lipinski definition) is 3. The van der Waals surface area contributed by atoms with Crippen molar-refractivity contribution in [3.8, 4) is 11.4 Å². The lowest BCUT2D eigenvalue weighted by atomic mass is 10.1. The molecule has 2 aromatic carbocycles. The molecular weight excluding hydrogens is 370 g/mol. The molecule has 0 spiro atoms. The van der Waals surface area contributed by atoms with Gasteiger partial charge in [0.15, 0.2) is 5.82 Å². The number of nitrogens with zero attached hydrogens (tertiary/aromatic N) is 2. The summed E-state index contributed by atoms with van der Waals surface area (Å²) in [6.07, 6.45) is -0.547. The van der Waals surface area contributed by atoms with Crippen LogP contribution in [-0.4, -0.2) is 32.8 Å². The van der Waals surface area contributed by atoms with Gasteiger partial charge in [-0.3, -0.25) is 15.2 Å². The van der Waals surface area contributed by atoms with Crippen LogP contribution in [0.2, 0.25) is 0 Å². The third-order valence-corrected chi connectivity index (χ3v) is 3.77. The summed E-state index contributed by atoms with van der Waals surface area (Å²) in [7, 11) is 0. The lowest BCUT2D eigenvalue weighted by Crippen LogP contribution is -2.27. The number of carbonyl (C=O) groups excluding carboxylic acids is 2. The summed E-state index contributed by atoms with van der Waals surface area (Å²) < 4.78 is 5.21. The van der Waals surface area contributed by atoms with Gasteiger partial charge in [-0.25, -0.2) is 9.78 Å². The number of nitrogens with one attached hydrogen (secondary N) is 3. The van der Waals surface area contributed by atoms with Gasteiger partial charge in [-0.1, -0.05) is 12.1 Å². The summed E-state index contributed by atoms with van der Waals surface area (Å²) >= 11 is 0. The summed E-state index contributed by atoms with van der Waals surface area (Å²) in [6.45, 7) is 7.19. The number of carbonyl (C=O) groups is 2. The zero-order chi connectivity index (χ0) is 21.0. The monoisotopic (exact) mass is 393 g/mol. The molecule has 3 rings (SSSR count). The number of anilines is 2. The van der Waals surface area contributed by atoms with E-state index in [2.05, 4.69) is 25.8 Å². The Morgan fingerprint density at radius 2 is 1.72 bits per heavy atom. The van der Waals surface area contributed by atoms with Crippen LogP contribution in [0.15, 0.2) is 48.5 Å². The second-order valence-electron chi connectivity index (χ2n) is 7.48. The number of hydrogen-bond acceptors (Lipinski definition) is 5. The van der Waals surface area contributed by atoms with Crippen LogP contribution < -0.4 is 10.6 Å². The van der Waals surface area contributed by atoms with Gasteiger partial charge in [-0.15, -0.1) is 0 Å². The van der Waals surface area contributed by atoms with Gasteiger partial charge in [0.25, 0.3) is 5.91 Å². The summed E-state index contributed by atoms with van der Waals surface area (Å²) in [5.74, 6) is 1.02. The molecule has 1 aromatic heterocycles. The number of aryl methyl sites for hydroxylation is 1. The van der Waals surface area contributed by atoms with E-state index in [-0.39, 0.29) is 5.91 Å². The maximum Gasteiger partial charge on any atom is 0.412 e. The Balaban J connectivity index is 1.65. The van der Waals surface area contributed by atoms with Crippen LogP contribution in [0.5, 0.6) is 0 Å². The second kappa shape index (κ2) is 8.14. The minimum Gasteiger partial charge on any atom is -0.444 e. The zero-order valence-electron chi connectivity index (χ0n) is 16.7. The molecule has 1 heterocycles. The largest absolute Gasteiger partial charge is 0.444 e. The van der Waals surface area contributed by atoms with Gasteiger partial charge in [0.05, 0.1) is 0 Å². The van der Waals surface area contributed by atoms with Crippen LogP contribution in [-0.2, 0) is 4.74 Å². The lowest BCUT2D eigenvalue weighted by Gasteiger charge is -2.19. The molecule has 8 heteroatoms. The Morgan fingerprint density at radius 1 is 1.00 bits per heavy atom. The molecule has 3 aromatic rings. The SMILES string of the molecule is Cc1nc(-c2cccc(NC(=O)c3ccc(NC(=O)OC(C)(C)C)cc3)c2)n[nH]1. The van der Waals surface area contributed by atoms with Crippen molar-refractivity contribution >= 4 is 23.4 Å². The van der Waals surface area contributed by atoms with Crippen molar-refractivity contribution in [1.82, 2.24) is 15.2 Å². The Kier molecular flexibility index (Phi) is 5.63. The smallest absolute Gasteiger partial charge is 0.412 e. The molecule has 0 atom stereocenters. The minimum atomic E-state index is -0.581. The van der Waals surface area contributed by atoms with E-state index in [1.807, 2.05) is 19.1 Å². The van der Waals surface area contributed by atoms with E-state index in [1.54, 1.807) is 57.2 Å². The van der Waals surface area contributed by atoms with Crippen LogP contribution in [0.25, 0.3) is 11.4 Å². The second-order valence-corrected chi connectivity index (χ2v) is 7.48. The predicted octanol–water partition coefficient (Wildman–Crippen LogP) is 4.38. The normalized spacial score (nSPS) is 11.0. The highest BCUT2D eigenvalue weighted by Gasteiger charge is 2.16. The number of H-pyrrole nitrogens is 1. The predicted molar refractivity (Wildman–Crippen MR) is 111 cm³/mol. The van der Waals surface area contributed by atoms with Gasteiger partial charge < -0.3 is 10.1 Å². The van der Waals surface area contributed by atoms with Crippen molar-refractivity contribution in [1.29, 1.82) is 0 Å². The molecule has 0 aliphatic rings. The molecule has 0 saturated heterocycles. The molecule has 0 bridgehead atoms. The number of amides is 2. The fourth-order valence-corrected chi connectivity index (χ4v) is 2.54. The Labute approximate surface area is 168 Å². The first-order chi connectivity index (χ1) is 13.7. The van der Waals surface area contributed by atoms with E-state index < -0.39 is 11.7 Å². The number of aromatic amines is 1. The first-order valence-corrected chi connectivity index (χ1v) is 9.10. The van der Waals surface area contributed by atoms with Crippen LogP contribution >= 0.6 is 0 Å². The Morgan fingerprint density at radius 3 is 2.34 bits per heavy atom. The van der Waals surface area contributed by atoms with Gasteiger partial charge in [0.1, 0.15) is 11.4 Å². The average molecular weight is 393 g/mol. The molecule has 8 nitrogen and oxygen atoms in total. The zero-order valence-corrected chi connectivity index (χ0v) is 16.7. The number of ether oxygens (including phenoxy) is 1. The van der Waals surface area contributed by atoms with Gasteiger partial charge in [-0.05, 0) is 64.1 Å². The average Bonchev–Trinajstić information content (AvgIpc) is 3.07. The van der Waals surface area contributed by atoms with E-state index >= 15 is 0 Å². The molecule has 0 fully saturated rings. The first-order valence-electron chi connectivity index (χ1n) is 9.10. The van der Waals surface area contributed by atoms with Crippen molar-refractivity contribution < 1.29 is 14.3 Å². The summed E-state index contributed by atoms with van der Waals surface area (Å²) in [5.41, 5.74) is 1.84. The van der Waals surface area contributed by atoms with Crippen LogP contribution in [0.4, 0.5) is 16.2 Å². The topological polar surface area (TPSA) is 109 Å². The highest BCUT2D eigenvalue weighted by molar-refractivity contribution is 6.04. The summed E-state index contributed by atoms with van der Waals surface area (Å²) in [6, 6.07) is 13.8. The van der Waals surface area contributed by atoms with E-state index in [4.69, 9.17) is 4.74 Å². The van der Waals surface area contributed by atoms with Gasteiger partial charge in [0, 0.05) is 22.5 Å². The van der Waals surface area contributed by atoms with E-state index in [0.717, 1.165) is 11.4 Å². The molecule has 0 unspecified atom stereocenters. The molecular formula is C21H23N5O3. The first kappa shape index (κ1) is 20.1. The van der Waals surface area contributed by atoms with E-state index in [1.165, 1.54) is 0 Å². The summed E-state index contributed by atoms with van der Waals surface area (Å²) in [5, 5.41) is 12.4. The molecule has 0 radical (unpaired) electrons. The van der Waals surface area contributed by atoms with Crippen molar-refractivity contribution in [2.24, 2.45) is 0 Å². The van der Waals surface area contributed by atoms with Crippen molar-refractivity contribution in [3.63, 3.8) is 0 Å². The summed E-state index contributed by atoms with van der Waals surface area (Å²) in [4.78, 5) is 28.6. The molecule has 150 valence electrons. The van der Waals surface area contributed by atoms with Crippen molar-refractivity contribution in [2.75, 3.05) is 10.6 Å². The Bertz CT molecular complexity index is 1020. The number of aromatic nitrogens is 3. The lowest BCUT2D eigenvalue weighted by molar-refractivity contribution is 0.0636. The minimum absolute atomic E-state index is 0.267. The highest BCUT2D eigenvalue weighted by Crippen LogP contribution is 2.20. The molecule has 2 amide bonds. The fraction of sp³-hybridized carbons (Fsp3) is 0.238. The maximum atomic E-state index is 12.5. The van der Waals surface area contributed by atoms with Crippen molar-refractivity contribution in [2.45, 2.75) is 33.3 Å².